The Balaban J connectivity index is 2.73. The minimum atomic E-state index is -1.27. The first-order chi connectivity index (χ1) is 7.84. The van der Waals surface area contributed by atoms with Crippen LogP contribution in [0.15, 0.2) is 24.3 Å². The molecule has 0 N–H and O–H groups in total. The summed E-state index contributed by atoms with van der Waals surface area (Å²) in [5.41, 5.74) is 0. The topological polar surface area (TPSA) is 26.3 Å². The van der Waals surface area contributed by atoms with Gasteiger partial charge in [0, 0.05) is 0 Å². The van der Waals surface area contributed by atoms with Crippen molar-refractivity contribution in [2.75, 3.05) is 0 Å². The van der Waals surface area contributed by atoms with Gasteiger partial charge in [-0.3, -0.25) is 4.79 Å². The zero-order valence-corrected chi connectivity index (χ0v) is 12.4. The van der Waals surface area contributed by atoms with Crippen LogP contribution in [0.5, 0.6) is 5.75 Å². The molecule has 1 unspecified atom stereocenters. The molecule has 0 aromatic heterocycles. The first-order valence-electron chi connectivity index (χ1n) is 6.17. The number of carbonyl (C=O) groups excluding carboxylic acids is 1. The molecule has 2 nitrogen and oxygen atoms in total. The van der Waals surface area contributed by atoms with Gasteiger partial charge in [0.1, 0.15) is 5.75 Å². The van der Waals surface area contributed by atoms with Crippen LogP contribution < -0.4 is 9.92 Å². The van der Waals surface area contributed by atoms with E-state index in [-0.39, 0.29) is 11.9 Å². The Morgan fingerprint density at radius 3 is 2.18 bits per heavy atom. The lowest BCUT2D eigenvalue weighted by Crippen LogP contribution is -2.37. The van der Waals surface area contributed by atoms with Gasteiger partial charge in [-0.2, -0.15) is 0 Å². The highest BCUT2D eigenvalue weighted by atomic mass is 28.3. The van der Waals surface area contributed by atoms with Gasteiger partial charge in [-0.25, -0.2) is 0 Å². The van der Waals surface area contributed by atoms with Crippen molar-refractivity contribution < 1.29 is 9.53 Å². The Morgan fingerprint density at radius 1 is 1.24 bits per heavy atom. The third-order valence-electron chi connectivity index (χ3n) is 2.95. The van der Waals surface area contributed by atoms with Crippen molar-refractivity contribution in [3.63, 3.8) is 0 Å². The lowest BCUT2D eigenvalue weighted by atomic mass is 10.1. The van der Waals surface area contributed by atoms with Crippen molar-refractivity contribution in [2.24, 2.45) is 5.92 Å². The Bertz CT molecular complexity index is 376. The van der Waals surface area contributed by atoms with Gasteiger partial charge in [0.15, 0.2) is 0 Å². The largest absolute Gasteiger partial charge is 0.426 e. The van der Waals surface area contributed by atoms with E-state index in [1.165, 1.54) is 5.19 Å². The molecule has 0 bridgehead atoms. The third-order valence-corrected chi connectivity index (χ3v) is 5.02. The number of rotatable bonds is 4. The maximum absolute atomic E-state index is 11.6. The Kier molecular flexibility index (Phi) is 4.51. The minimum absolute atomic E-state index is 0.0355. The van der Waals surface area contributed by atoms with E-state index in [0.717, 1.165) is 6.42 Å². The molecule has 0 radical (unpaired) electrons. The molecule has 1 aromatic carbocycles. The average molecular weight is 250 g/mol. The van der Waals surface area contributed by atoms with Crippen molar-refractivity contribution in [3.05, 3.63) is 24.3 Å². The normalized spacial score (nSPS) is 13.2. The van der Waals surface area contributed by atoms with E-state index in [2.05, 4.69) is 31.8 Å². The van der Waals surface area contributed by atoms with Crippen molar-refractivity contribution in [2.45, 2.75) is 39.9 Å². The number of carbonyl (C=O) groups is 1. The summed E-state index contributed by atoms with van der Waals surface area (Å²) in [5.74, 6) is 0.470. The molecule has 17 heavy (non-hydrogen) atoms. The maximum atomic E-state index is 11.6. The molecule has 1 aromatic rings. The summed E-state index contributed by atoms with van der Waals surface area (Å²) in [4.78, 5) is 11.6. The van der Waals surface area contributed by atoms with Crippen LogP contribution in [-0.4, -0.2) is 14.0 Å². The summed E-state index contributed by atoms with van der Waals surface area (Å²) < 4.78 is 5.31. The fourth-order valence-corrected chi connectivity index (χ4v) is 2.57. The second-order valence-corrected chi connectivity index (χ2v) is 10.6. The summed E-state index contributed by atoms with van der Waals surface area (Å²) in [6.07, 6.45) is 0.811. The van der Waals surface area contributed by atoms with Gasteiger partial charge in [-0.05, 0) is 18.6 Å². The summed E-state index contributed by atoms with van der Waals surface area (Å²) in [7, 11) is -1.27. The molecule has 3 heteroatoms. The molecule has 94 valence electrons. The van der Waals surface area contributed by atoms with Crippen LogP contribution in [0.3, 0.4) is 0 Å². The fourth-order valence-electron chi connectivity index (χ4n) is 1.41. The Labute approximate surface area is 105 Å². The van der Waals surface area contributed by atoms with Crippen LogP contribution in [0.2, 0.25) is 19.6 Å². The van der Waals surface area contributed by atoms with Gasteiger partial charge in [0.2, 0.25) is 0 Å². The van der Waals surface area contributed by atoms with Crippen molar-refractivity contribution in [3.8, 4) is 5.75 Å². The van der Waals surface area contributed by atoms with Crippen LogP contribution in [0.25, 0.3) is 0 Å². The minimum Gasteiger partial charge on any atom is -0.426 e. The number of hydrogen-bond donors (Lipinski definition) is 0. The highest BCUT2D eigenvalue weighted by Crippen LogP contribution is 2.13. The number of esters is 1. The van der Waals surface area contributed by atoms with Crippen LogP contribution in [-0.2, 0) is 4.79 Å². The lowest BCUT2D eigenvalue weighted by Gasteiger charge is -2.17. The van der Waals surface area contributed by atoms with Gasteiger partial charge >= 0.3 is 5.97 Å². The summed E-state index contributed by atoms with van der Waals surface area (Å²) in [5, 5.41) is 1.38. The van der Waals surface area contributed by atoms with Gasteiger partial charge in [0.05, 0.1) is 14.0 Å². The second-order valence-electron chi connectivity index (χ2n) is 5.50. The molecule has 0 aliphatic carbocycles. The van der Waals surface area contributed by atoms with Crippen molar-refractivity contribution >= 4 is 19.2 Å². The van der Waals surface area contributed by atoms with E-state index in [1.54, 1.807) is 0 Å². The zero-order chi connectivity index (χ0) is 13.1. The van der Waals surface area contributed by atoms with Crippen molar-refractivity contribution in [1.29, 1.82) is 0 Å². The first kappa shape index (κ1) is 14.0. The molecule has 0 saturated carbocycles. The lowest BCUT2D eigenvalue weighted by molar-refractivity contribution is -0.138. The van der Waals surface area contributed by atoms with E-state index in [4.69, 9.17) is 4.74 Å². The predicted octanol–water partition coefficient (Wildman–Crippen LogP) is 3.18. The molecule has 0 heterocycles. The van der Waals surface area contributed by atoms with Gasteiger partial charge in [-0.1, -0.05) is 50.8 Å². The SMILES string of the molecule is CCC(C)C(=O)Oc1ccc([Si](C)(C)C)cc1. The van der Waals surface area contributed by atoms with E-state index in [0.29, 0.717) is 5.75 Å². The molecule has 0 amide bonds. The highest BCUT2D eigenvalue weighted by Gasteiger charge is 2.17. The van der Waals surface area contributed by atoms with Crippen molar-refractivity contribution in [1.82, 2.24) is 0 Å². The Morgan fingerprint density at radius 2 is 1.76 bits per heavy atom. The van der Waals surface area contributed by atoms with Crippen LogP contribution in [0.1, 0.15) is 20.3 Å². The summed E-state index contributed by atoms with van der Waals surface area (Å²) in [6, 6.07) is 7.94. The summed E-state index contributed by atoms with van der Waals surface area (Å²) >= 11 is 0. The number of ether oxygens (including phenoxy) is 1. The third kappa shape index (κ3) is 4.00. The number of hydrogen-bond acceptors (Lipinski definition) is 2. The molecule has 1 rings (SSSR count). The Hall–Kier alpha value is -1.09. The van der Waals surface area contributed by atoms with Gasteiger partial charge in [0.25, 0.3) is 0 Å². The molecule has 0 aliphatic heterocycles. The smallest absolute Gasteiger partial charge is 0.314 e. The molecule has 0 saturated heterocycles. The monoisotopic (exact) mass is 250 g/mol. The molecule has 0 aliphatic rings. The van der Waals surface area contributed by atoms with E-state index < -0.39 is 8.07 Å². The van der Waals surface area contributed by atoms with Crippen LogP contribution in [0.4, 0.5) is 0 Å². The zero-order valence-electron chi connectivity index (χ0n) is 11.4. The summed E-state index contributed by atoms with van der Waals surface area (Å²) in [6.45, 7) is 10.8. The molecule has 1 atom stereocenters. The van der Waals surface area contributed by atoms with Crippen LogP contribution in [0, 0.1) is 5.92 Å². The quantitative estimate of drug-likeness (QED) is 0.466. The first-order valence-corrected chi connectivity index (χ1v) is 9.67. The maximum Gasteiger partial charge on any atom is 0.314 e. The van der Waals surface area contributed by atoms with E-state index in [9.17, 15) is 4.79 Å². The van der Waals surface area contributed by atoms with E-state index in [1.807, 2.05) is 26.0 Å². The van der Waals surface area contributed by atoms with Gasteiger partial charge < -0.3 is 4.74 Å². The molecular formula is C14H22O2Si. The predicted molar refractivity (Wildman–Crippen MR) is 74.5 cm³/mol. The molecule has 0 fully saturated rings. The standard InChI is InChI=1S/C14H22O2Si/c1-6-11(2)14(15)16-12-7-9-13(10-8-12)17(3,4)5/h7-11H,6H2,1-5H3. The molecular weight excluding hydrogens is 228 g/mol. The molecule has 0 spiro atoms. The van der Waals surface area contributed by atoms with Crippen LogP contribution >= 0.6 is 0 Å². The highest BCUT2D eigenvalue weighted by molar-refractivity contribution is 6.88. The fraction of sp³-hybridized carbons (Fsp3) is 0.500. The van der Waals surface area contributed by atoms with Gasteiger partial charge in [-0.15, -0.1) is 0 Å². The van der Waals surface area contributed by atoms with E-state index >= 15 is 0 Å². The number of benzene rings is 1. The second kappa shape index (κ2) is 5.49. The average Bonchev–Trinajstić information content (AvgIpc) is 2.27.